The van der Waals surface area contributed by atoms with Crippen molar-refractivity contribution < 1.29 is 4.79 Å². The molecular formula is C22H23N5O2S. The number of benzene rings is 2. The van der Waals surface area contributed by atoms with Gasteiger partial charge in [-0.3, -0.25) is 18.6 Å². The van der Waals surface area contributed by atoms with Crippen LogP contribution in [-0.4, -0.2) is 30.8 Å². The van der Waals surface area contributed by atoms with Crippen molar-refractivity contribution in [3.05, 3.63) is 64.4 Å². The van der Waals surface area contributed by atoms with E-state index in [1.54, 1.807) is 4.57 Å². The van der Waals surface area contributed by atoms with E-state index in [-0.39, 0.29) is 17.2 Å². The van der Waals surface area contributed by atoms with E-state index in [0.717, 1.165) is 24.0 Å². The van der Waals surface area contributed by atoms with Gasteiger partial charge in [-0.2, -0.15) is 0 Å². The zero-order valence-electron chi connectivity index (χ0n) is 17.0. The maximum absolute atomic E-state index is 12.9. The molecule has 4 aromatic rings. The van der Waals surface area contributed by atoms with Gasteiger partial charge < -0.3 is 5.32 Å². The zero-order chi connectivity index (χ0) is 21.1. The highest BCUT2D eigenvalue weighted by Crippen LogP contribution is 2.22. The van der Waals surface area contributed by atoms with Crippen molar-refractivity contribution in [2.45, 2.75) is 38.4 Å². The number of aryl methyl sites for hydroxylation is 2. The molecule has 0 fully saturated rings. The first-order chi connectivity index (χ1) is 14.6. The van der Waals surface area contributed by atoms with Gasteiger partial charge in [0.2, 0.25) is 11.7 Å². The lowest BCUT2D eigenvalue weighted by molar-refractivity contribution is -0.113. The van der Waals surface area contributed by atoms with E-state index >= 15 is 0 Å². The van der Waals surface area contributed by atoms with Gasteiger partial charge in [0.1, 0.15) is 0 Å². The molecule has 2 aromatic carbocycles. The summed E-state index contributed by atoms with van der Waals surface area (Å²) in [6.45, 7) is 4.67. The number of amides is 1. The van der Waals surface area contributed by atoms with E-state index in [2.05, 4.69) is 22.4 Å². The maximum atomic E-state index is 12.9. The molecule has 8 heteroatoms. The average Bonchev–Trinajstić information content (AvgIpc) is 3.20. The van der Waals surface area contributed by atoms with Crippen molar-refractivity contribution in [1.82, 2.24) is 19.2 Å². The van der Waals surface area contributed by atoms with Crippen molar-refractivity contribution in [2.75, 3.05) is 11.1 Å². The van der Waals surface area contributed by atoms with E-state index in [9.17, 15) is 9.59 Å². The molecule has 30 heavy (non-hydrogen) atoms. The third-order valence-electron chi connectivity index (χ3n) is 4.90. The first-order valence-corrected chi connectivity index (χ1v) is 11.0. The number of rotatable bonds is 7. The van der Waals surface area contributed by atoms with Crippen LogP contribution in [0.3, 0.4) is 0 Å². The number of nitrogens with one attached hydrogen (secondary N) is 1. The van der Waals surface area contributed by atoms with Gasteiger partial charge in [0, 0.05) is 12.2 Å². The summed E-state index contributed by atoms with van der Waals surface area (Å²) in [6.07, 6.45) is 1.77. The lowest BCUT2D eigenvalue weighted by atomic mass is 10.1. The van der Waals surface area contributed by atoms with Crippen LogP contribution in [0, 0.1) is 0 Å². The minimum Gasteiger partial charge on any atom is -0.325 e. The van der Waals surface area contributed by atoms with Gasteiger partial charge in [-0.15, -0.1) is 10.2 Å². The normalized spacial score (nSPS) is 11.3. The van der Waals surface area contributed by atoms with Crippen LogP contribution >= 0.6 is 11.8 Å². The minimum absolute atomic E-state index is 0.0721. The number of aromatic nitrogens is 4. The monoisotopic (exact) mass is 421 g/mol. The number of hydrogen-bond donors (Lipinski definition) is 1. The molecule has 7 nitrogen and oxygen atoms in total. The second-order valence-corrected chi connectivity index (χ2v) is 7.92. The first kappa shape index (κ1) is 20.2. The lowest BCUT2D eigenvalue weighted by Gasteiger charge is -2.10. The second kappa shape index (κ2) is 8.71. The van der Waals surface area contributed by atoms with Crippen molar-refractivity contribution in [3.8, 4) is 0 Å². The fraction of sp³-hybridized carbons (Fsp3) is 0.273. The predicted octanol–water partition coefficient (Wildman–Crippen LogP) is 3.75. The van der Waals surface area contributed by atoms with Crippen LogP contribution in [0.15, 0.2) is 58.5 Å². The molecule has 2 aromatic heterocycles. The van der Waals surface area contributed by atoms with Crippen LogP contribution in [0.2, 0.25) is 0 Å². The summed E-state index contributed by atoms with van der Waals surface area (Å²) in [5.41, 5.74) is 2.67. The average molecular weight is 422 g/mol. The lowest BCUT2D eigenvalue weighted by Crippen LogP contribution is -2.23. The quantitative estimate of drug-likeness (QED) is 0.460. The Bertz CT molecular complexity index is 1260. The molecule has 154 valence electrons. The minimum atomic E-state index is -0.118. The molecule has 0 unspecified atom stereocenters. The van der Waals surface area contributed by atoms with Crippen LogP contribution < -0.4 is 10.9 Å². The smallest absolute Gasteiger partial charge is 0.262 e. The predicted molar refractivity (Wildman–Crippen MR) is 120 cm³/mol. The number of hydrogen-bond acceptors (Lipinski definition) is 5. The second-order valence-electron chi connectivity index (χ2n) is 6.98. The Hall–Kier alpha value is -3.13. The van der Waals surface area contributed by atoms with Gasteiger partial charge in [0.15, 0.2) is 5.16 Å². The molecule has 0 aliphatic heterocycles. The Kier molecular flexibility index (Phi) is 5.85. The highest BCUT2D eigenvalue weighted by Gasteiger charge is 2.17. The molecule has 0 bridgehead atoms. The largest absolute Gasteiger partial charge is 0.325 e. The Morgan fingerprint density at radius 1 is 1.07 bits per heavy atom. The van der Waals surface area contributed by atoms with E-state index in [0.29, 0.717) is 22.9 Å². The van der Waals surface area contributed by atoms with Crippen LogP contribution in [0.1, 0.15) is 25.8 Å². The molecule has 1 N–H and O–H groups in total. The SMILES string of the molecule is CCCn1c(=O)c2ccccc2n2c(SCC(=O)Nc3ccc(CC)cc3)nnc12. The van der Waals surface area contributed by atoms with Crippen molar-refractivity contribution >= 4 is 40.0 Å². The fourth-order valence-electron chi connectivity index (χ4n) is 3.40. The third-order valence-corrected chi connectivity index (χ3v) is 5.83. The van der Waals surface area contributed by atoms with Crippen LogP contribution in [-0.2, 0) is 17.8 Å². The van der Waals surface area contributed by atoms with Gasteiger partial charge in [-0.05, 0) is 42.7 Å². The standard InChI is InChI=1S/C22H23N5O2S/c1-3-13-26-20(29)17-7-5-6-8-18(17)27-21(26)24-25-22(27)30-14-19(28)23-16-11-9-15(4-2)10-12-16/h5-12H,3-4,13-14H2,1-2H3,(H,23,28). The van der Waals surface area contributed by atoms with Crippen molar-refractivity contribution in [2.24, 2.45) is 0 Å². The molecule has 0 saturated heterocycles. The Morgan fingerprint density at radius 3 is 2.57 bits per heavy atom. The highest BCUT2D eigenvalue weighted by molar-refractivity contribution is 7.99. The van der Waals surface area contributed by atoms with Gasteiger partial charge in [0.25, 0.3) is 5.56 Å². The summed E-state index contributed by atoms with van der Waals surface area (Å²) in [4.78, 5) is 25.3. The molecule has 4 rings (SSSR count). The summed E-state index contributed by atoms with van der Waals surface area (Å²) >= 11 is 1.30. The van der Waals surface area contributed by atoms with Crippen molar-refractivity contribution in [3.63, 3.8) is 0 Å². The van der Waals surface area contributed by atoms with Crippen LogP contribution in [0.25, 0.3) is 16.7 Å². The van der Waals surface area contributed by atoms with Crippen molar-refractivity contribution in [1.29, 1.82) is 0 Å². The van der Waals surface area contributed by atoms with Gasteiger partial charge in [-0.25, -0.2) is 0 Å². The Morgan fingerprint density at radius 2 is 1.83 bits per heavy atom. The Labute approximate surface area is 178 Å². The molecule has 0 atom stereocenters. The number of anilines is 1. The molecule has 1 amide bonds. The summed E-state index contributed by atoms with van der Waals surface area (Å²) in [5.74, 6) is 0.572. The Balaban J connectivity index is 1.61. The highest BCUT2D eigenvalue weighted by atomic mass is 32.2. The summed E-state index contributed by atoms with van der Waals surface area (Å²) in [6, 6.07) is 15.2. The number of fused-ring (bicyclic) bond motifs is 3. The number of nitrogens with zero attached hydrogens (tertiary/aromatic N) is 4. The molecule has 0 saturated carbocycles. The summed E-state index contributed by atoms with van der Waals surface area (Å²) < 4.78 is 3.51. The number of para-hydroxylation sites is 1. The molecule has 0 radical (unpaired) electrons. The topological polar surface area (TPSA) is 81.3 Å². The maximum Gasteiger partial charge on any atom is 0.262 e. The summed E-state index contributed by atoms with van der Waals surface area (Å²) in [5, 5.41) is 12.6. The third kappa shape index (κ3) is 3.82. The van der Waals surface area contributed by atoms with Gasteiger partial charge in [0.05, 0.1) is 16.7 Å². The number of thioether (sulfide) groups is 1. The molecule has 0 aliphatic carbocycles. The molecular weight excluding hydrogens is 398 g/mol. The first-order valence-electron chi connectivity index (χ1n) is 10.0. The van der Waals surface area contributed by atoms with Gasteiger partial charge >= 0.3 is 0 Å². The molecule has 2 heterocycles. The summed E-state index contributed by atoms with van der Waals surface area (Å²) in [7, 11) is 0. The number of carbonyl (C=O) groups is 1. The van der Waals surface area contributed by atoms with Crippen LogP contribution in [0.4, 0.5) is 5.69 Å². The molecule has 0 aliphatic rings. The van der Waals surface area contributed by atoms with Crippen LogP contribution in [0.5, 0.6) is 0 Å². The van der Waals surface area contributed by atoms with E-state index < -0.39 is 0 Å². The van der Waals surface area contributed by atoms with E-state index in [1.165, 1.54) is 17.3 Å². The fourth-order valence-corrected chi connectivity index (χ4v) is 4.14. The van der Waals surface area contributed by atoms with E-state index in [1.807, 2.05) is 59.9 Å². The number of carbonyl (C=O) groups excluding carboxylic acids is 1. The van der Waals surface area contributed by atoms with E-state index in [4.69, 9.17) is 0 Å². The molecule has 0 spiro atoms. The van der Waals surface area contributed by atoms with Gasteiger partial charge in [-0.1, -0.05) is 49.9 Å². The zero-order valence-corrected chi connectivity index (χ0v) is 17.8.